The van der Waals surface area contributed by atoms with Gasteiger partial charge in [-0.25, -0.2) is 14.7 Å². The van der Waals surface area contributed by atoms with E-state index in [0.717, 1.165) is 11.0 Å². The molecule has 1 aromatic heterocycles. The van der Waals surface area contributed by atoms with E-state index >= 15 is 0 Å². The number of carbonyl (C=O) groups is 2. The molecule has 8 heteroatoms. The summed E-state index contributed by atoms with van der Waals surface area (Å²) in [5.74, 6) is -1.87. The monoisotopic (exact) mass is 423 g/mol. The van der Waals surface area contributed by atoms with Crippen LogP contribution in [0.3, 0.4) is 0 Å². The largest absolute Gasteiger partial charge is 0.443 e. The second-order valence-corrected chi connectivity index (χ2v) is 8.10. The highest BCUT2D eigenvalue weighted by Crippen LogP contribution is 2.50. The smallest absolute Gasteiger partial charge is 0.421 e. The van der Waals surface area contributed by atoms with Gasteiger partial charge in [-0.1, -0.05) is 48.5 Å². The van der Waals surface area contributed by atoms with Crippen molar-refractivity contribution < 1.29 is 23.1 Å². The summed E-state index contributed by atoms with van der Waals surface area (Å²) in [5, 5.41) is 0. The van der Waals surface area contributed by atoms with E-state index < -0.39 is 35.0 Å². The molecule has 0 fully saturated rings. The minimum Gasteiger partial charge on any atom is -0.443 e. The minimum atomic E-state index is -1.76. The Hall–Kier alpha value is -3.68. The Labute approximate surface area is 177 Å². The van der Waals surface area contributed by atoms with Crippen LogP contribution in [0.1, 0.15) is 37.6 Å². The minimum absolute atomic E-state index is 0.216. The number of nitrogens with zero attached hydrogens (tertiary/aromatic N) is 3. The van der Waals surface area contributed by atoms with Crippen LogP contribution in [-0.4, -0.2) is 27.6 Å². The predicted molar refractivity (Wildman–Crippen MR) is 108 cm³/mol. The Morgan fingerprint density at radius 1 is 1.00 bits per heavy atom. The first-order chi connectivity index (χ1) is 14.6. The number of rotatable bonds is 2. The lowest BCUT2D eigenvalue weighted by molar-refractivity contribution is -0.120. The van der Waals surface area contributed by atoms with E-state index in [1.165, 1.54) is 0 Å². The molecule has 6 nitrogen and oxygen atoms in total. The zero-order chi connectivity index (χ0) is 22.4. The third-order valence-corrected chi connectivity index (χ3v) is 4.91. The average Bonchev–Trinajstić information content (AvgIpc) is 2.95. The summed E-state index contributed by atoms with van der Waals surface area (Å²) in [6, 6.07) is 15.9. The first kappa shape index (κ1) is 20.6. The standard InChI is InChI=1S/C23H19F2N3O3/c1-22(2,3)31-21(30)28-16-12-8-7-11-15(16)23(19(28)29,14-9-5-4-6-10-14)17-13-18(24)27-20(25)26-17/h4-13H,1-3H3/t23-/m0/s1. The number of ether oxygens (including phenoxy) is 1. The van der Waals surface area contributed by atoms with Gasteiger partial charge < -0.3 is 4.74 Å². The van der Waals surface area contributed by atoms with Gasteiger partial charge in [0.25, 0.3) is 5.91 Å². The van der Waals surface area contributed by atoms with Crippen molar-refractivity contribution >= 4 is 17.7 Å². The highest BCUT2D eigenvalue weighted by molar-refractivity contribution is 6.23. The van der Waals surface area contributed by atoms with Crippen molar-refractivity contribution in [2.45, 2.75) is 31.8 Å². The normalized spacial score (nSPS) is 18.1. The molecule has 0 bridgehead atoms. The van der Waals surface area contributed by atoms with E-state index in [4.69, 9.17) is 4.74 Å². The lowest BCUT2D eigenvalue weighted by atomic mass is 9.72. The van der Waals surface area contributed by atoms with Gasteiger partial charge in [0, 0.05) is 11.6 Å². The summed E-state index contributed by atoms with van der Waals surface area (Å²) >= 11 is 0. The maximum absolute atomic E-state index is 14.1. The van der Waals surface area contributed by atoms with Crippen LogP contribution in [0.2, 0.25) is 0 Å². The molecule has 1 atom stereocenters. The lowest BCUT2D eigenvalue weighted by Gasteiger charge is -2.29. The summed E-state index contributed by atoms with van der Waals surface area (Å²) in [5.41, 5.74) is -1.83. The quantitative estimate of drug-likeness (QED) is 0.452. The molecule has 1 aliphatic heterocycles. The van der Waals surface area contributed by atoms with Gasteiger partial charge in [0.15, 0.2) is 0 Å². The van der Waals surface area contributed by atoms with Crippen molar-refractivity contribution in [3.63, 3.8) is 0 Å². The van der Waals surface area contributed by atoms with Crippen LogP contribution in [0, 0.1) is 12.0 Å². The van der Waals surface area contributed by atoms with Crippen LogP contribution in [0.4, 0.5) is 19.3 Å². The van der Waals surface area contributed by atoms with E-state index in [2.05, 4.69) is 9.97 Å². The molecule has 0 saturated heterocycles. The molecule has 2 heterocycles. The van der Waals surface area contributed by atoms with Gasteiger partial charge in [-0.05, 0) is 32.4 Å². The van der Waals surface area contributed by atoms with Gasteiger partial charge in [0.2, 0.25) is 5.95 Å². The van der Waals surface area contributed by atoms with Gasteiger partial charge in [-0.2, -0.15) is 13.8 Å². The molecule has 158 valence electrons. The fourth-order valence-corrected chi connectivity index (χ4v) is 3.81. The molecule has 3 aromatic rings. The number of imide groups is 1. The summed E-state index contributed by atoms with van der Waals surface area (Å²) in [7, 11) is 0. The molecular weight excluding hydrogens is 404 g/mol. The number of anilines is 1. The Kier molecular flexibility index (Phi) is 4.80. The lowest BCUT2D eigenvalue weighted by Crippen LogP contribution is -2.47. The zero-order valence-electron chi connectivity index (χ0n) is 17.1. The first-order valence-electron chi connectivity index (χ1n) is 9.58. The van der Waals surface area contributed by atoms with Gasteiger partial charge in [0.1, 0.15) is 11.0 Å². The van der Waals surface area contributed by atoms with Gasteiger partial charge >= 0.3 is 12.2 Å². The molecule has 4 rings (SSSR count). The van der Waals surface area contributed by atoms with E-state index in [0.29, 0.717) is 11.1 Å². The molecule has 0 spiro atoms. The molecule has 1 aliphatic rings. The van der Waals surface area contributed by atoms with Crippen LogP contribution in [0.15, 0.2) is 60.7 Å². The van der Waals surface area contributed by atoms with Crippen LogP contribution < -0.4 is 4.90 Å². The molecular formula is C23H19F2N3O3. The molecule has 2 amide bonds. The summed E-state index contributed by atoms with van der Waals surface area (Å²) in [4.78, 5) is 34.7. The number of halogens is 2. The molecule has 0 radical (unpaired) electrons. The SMILES string of the molecule is CC(C)(C)OC(=O)N1C(=O)[C@](c2ccccc2)(c2cc(F)nc(F)n2)c2ccccc21. The number of hydrogen-bond donors (Lipinski definition) is 0. The van der Waals surface area contributed by atoms with E-state index in [9.17, 15) is 18.4 Å². The van der Waals surface area contributed by atoms with Crippen LogP contribution in [0.5, 0.6) is 0 Å². The number of para-hydroxylation sites is 1. The molecule has 0 saturated carbocycles. The van der Waals surface area contributed by atoms with Crippen molar-refractivity contribution in [3.8, 4) is 0 Å². The summed E-state index contributed by atoms with van der Waals surface area (Å²) in [6.07, 6.45) is -2.20. The number of carbonyl (C=O) groups excluding carboxylic acids is 2. The average molecular weight is 423 g/mol. The van der Waals surface area contributed by atoms with E-state index in [1.807, 2.05) is 0 Å². The molecule has 0 unspecified atom stereocenters. The highest BCUT2D eigenvalue weighted by atomic mass is 19.1. The molecule has 2 aromatic carbocycles. The van der Waals surface area contributed by atoms with E-state index in [1.54, 1.807) is 75.4 Å². The Balaban J connectivity index is 2.04. The van der Waals surface area contributed by atoms with E-state index in [-0.39, 0.29) is 11.4 Å². The number of hydrogen-bond acceptors (Lipinski definition) is 5. The topological polar surface area (TPSA) is 72.4 Å². The Bertz CT molecular complexity index is 1160. The van der Waals surface area contributed by atoms with Crippen LogP contribution in [0.25, 0.3) is 0 Å². The van der Waals surface area contributed by atoms with Gasteiger partial charge in [-0.15, -0.1) is 0 Å². The van der Waals surface area contributed by atoms with Crippen molar-refractivity contribution in [2.75, 3.05) is 4.90 Å². The summed E-state index contributed by atoms with van der Waals surface area (Å²) < 4.78 is 33.7. The number of aromatic nitrogens is 2. The molecule has 0 aliphatic carbocycles. The van der Waals surface area contributed by atoms with Crippen LogP contribution in [-0.2, 0) is 14.9 Å². The second-order valence-electron chi connectivity index (χ2n) is 8.10. The van der Waals surface area contributed by atoms with Gasteiger partial charge in [0.05, 0.1) is 11.4 Å². The molecule has 0 N–H and O–H groups in total. The van der Waals surface area contributed by atoms with Crippen molar-refractivity contribution in [1.29, 1.82) is 0 Å². The van der Waals surface area contributed by atoms with Crippen LogP contribution >= 0.6 is 0 Å². The Morgan fingerprint density at radius 2 is 1.65 bits per heavy atom. The fourth-order valence-electron chi connectivity index (χ4n) is 3.81. The maximum Gasteiger partial charge on any atom is 0.421 e. The van der Waals surface area contributed by atoms with Crippen molar-refractivity contribution in [2.24, 2.45) is 0 Å². The highest BCUT2D eigenvalue weighted by Gasteiger charge is 2.57. The second kappa shape index (κ2) is 7.23. The summed E-state index contributed by atoms with van der Waals surface area (Å²) in [6.45, 7) is 5.03. The first-order valence-corrected chi connectivity index (χ1v) is 9.58. The fraction of sp³-hybridized carbons (Fsp3) is 0.217. The zero-order valence-corrected chi connectivity index (χ0v) is 17.1. The van der Waals surface area contributed by atoms with Crippen molar-refractivity contribution in [3.05, 3.63) is 89.5 Å². The predicted octanol–water partition coefficient (Wildman–Crippen LogP) is 4.37. The Morgan fingerprint density at radius 3 is 2.29 bits per heavy atom. The molecule has 31 heavy (non-hydrogen) atoms. The number of benzene rings is 2. The van der Waals surface area contributed by atoms with Crippen molar-refractivity contribution in [1.82, 2.24) is 9.97 Å². The third kappa shape index (κ3) is 3.34. The number of amides is 2. The maximum atomic E-state index is 14.1. The number of fused-ring (bicyclic) bond motifs is 1. The third-order valence-electron chi connectivity index (χ3n) is 4.91. The van der Waals surface area contributed by atoms with Gasteiger partial charge in [-0.3, -0.25) is 4.79 Å².